The third kappa shape index (κ3) is 3.52. The monoisotopic (exact) mass is 452 g/mol. The lowest BCUT2D eigenvalue weighted by Crippen LogP contribution is -2.61. The van der Waals surface area contributed by atoms with Crippen LogP contribution in [-0.4, -0.2) is 32.3 Å². The highest BCUT2D eigenvalue weighted by atomic mass is 35.5. The summed E-state index contributed by atoms with van der Waals surface area (Å²) in [5, 5.41) is 3.44. The Labute approximate surface area is 182 Å². The summed E-state index contributed by atoms with van der Waals surface area (Å²) in [4.78, 5) is 26.3. The van der Waals surface area contributed by atoms with Gasteiger partial charge >= 0.3 is 0 Å². The van der Waals surface area contributed by atoms with Gasteiger partial charge in [0.1, 0.15) is 10.7 Å². The van der Waals surface area contributed by atoms with Crippen LogP contribution in [0.1, 0.15) is 35.7 Å². The number of nitrogens with zero attached hydrogens (tertiary/aromatic N) is 2. The predicted octanol–water partition coefficient (Wildman–Crippen LogP) is 5.53. The molecule has 2 aromatic carbocycles. The summed E-state index contributed by atoms with van der Waals surface area (Å²) in [6, 6.07) is 14.9. The molecule has 0 radical (unpaired) electrons. The molecule has 2 saturated heterocycles. The van der Waals surface area contributed by atoms with Crippen LogP contribution in [-0.2, 0) is 9.59 Å². The minimum Gasteiger partial charge on any atom is -0.272 e. The number of hydrogen-bond donors (Lipinski definition) is 0. The van der Waals surface area contributed by atoms with Crippen molar-refractivity contribution in [3.63, 3.8) is 0 Å². The Hall–Kier alpha value is -1.34. The van der Waals surface area contributed by atoms with E-state index in [2.05, 4.69) is 0 Å². The van der Waals surface area contributed by atoms with Gasteiger partial charge in [-0.3, -0.25) is 9.59 Å². The van der Waals surface area contributed by atoms with Crippen LogP contribution in [0.25, 0.3) is 0 Å². The van der Waals surface area contributed by atoms with Crippen molar-refractivity contribution in [1.82, 2.24) is 10.0 Å². The van der Waals surface area contributed by atoms with Crippen LogP contribution in [0.3, 0.4) is 0 Å². The van der Waals surface area contributed by atoms with Gasteiger partial charge in [-0.15, -0.1) is 23.5 Å². The molecule has 0 aliphatic carbocycles. The van der Waals surface area contributed by atoms with Gasteiger partial charge in [0.25, 0.3) is 11.8 Å². The highest BCUT2D eigenvalue weighted by Crippen LogP contribution is 2.51. The van der Waals surface area contributed by atoms with E-state index in [1.165, 1.54) is 23.5 Å². The normalized spacial score (nSPS) is 27.7. The maximum atomic E-state index is 13.1. The molecule has 0 spiro atoms. The van der Waals surface area contributed by atoms with Crippen LogP contribution in [0.2, 0.25) is 10.0 Å². The van der Waals surface area contributed by atoms with Crippen molar-refractivity contribution in [2.24, 2.45) is 0 Å². The molecule has 0 unspecified atom stereocenters. The molecule has 2 heterocycles. The number of benzene rings is 2. The van der Waals surface area contributed by atoms with E-state index in [1.807, 2.05) is 62.4 Å². The second kappa shape index (κ2) is 7.82. The largest absolute Gasteiger partial charge is 0.272 e. The fourth-order valence-electron chi connectivity index (χ4n) is 3.35. The van der Waals surface area contributed by atoms with Gasteiger partial charge in [-0.1, -0.05) is 47.5 Å². The van der Waals surface area contributed by atoms with Crippen LogP contribution in [0.15, 0.2) is 48.5 Å². The maximum absolute atomic E-state index is 13.1. The number of rotatable bonds is 2. The summed E-state index contributed by atoms with van der Waals surface area (Å²) in [7, 11) is 0. The lowest BCUT2D eigenvalue weighted by atomic mass is 10.2. The maximum Gasteiger partial charge on any atom is 0.255 e. The van der Waals surface area contributed by atoms with Crippen LogP contribution in [0.4, 0.5) is 0 Å². The second-order valence-corrected chi connectivity index (χ2v) is 10.5. The minimum absolute atomic E-state index is 0.0667. The van der Waals surface area contributed by atoms with Gasteiger partial charge < -0.3 is 0 Å². The molecule has 146 valence electrons. The predicted molar refractivity (Wildman–Crippen MR) is 116 cm³/mol. The number of amides is 2. The number of hydrazine groups is 1. The average Bonchev–Trinajstić information content (AvgIpc) is 2.68. The molecule has 2 fully saturated rings. The third-order valence-electron chi connectivity index (χ3n) is 4.80. The van der Waals surface area contributed by atoms with E-state index in [4.69, 9.17) is 23.2 Å². The van der Waals surface area contributed by atoms with E-state index in [-0.39, 0.29) is 33.1 Å². The van der Waals surface area contributed by atoms with Crippen LogP contribution >= 0.6 is 46.7 Å². The van der Waals surface area contributed by atoms with Crippen molar-refractivity contribution in [3.8, 4) is 0 Å². The molecule has 0 saturated carbocycles. The van der Waals surface area contributed by atoms with Crippen molar-refractivity contribution in [2.45, 2.75) is 35.1 Å². The zero-order chi connectivity index (χ0) is 20.0. The number of carbonyl (C=O) groups is 2. The third-order valence-corrected chi connectivity index (χ3v) is 7.98. The lowest BCUT2D eigenvalue weighted by molar-refractivity contribution is -0.170. The summed E-state index contributed by atoms with van der Waals surface area (Å²) in [5.41, 5.74) is 1.89. The minimum atomic E-state index is -0.282. The topological polar surface area (TPSA) is 40.6 Å². The summed E-state index contributed by atoms with van der Waals surface area (Å²) in [5.74, 6) is -0.133. The van der Waals surface area contributed by atoms with E-state index >= 15 is 0 Å². The van der Waals surface area contributed by atoms with Crippen LogP contribution in [0.5, 0.6) is 0 Å². The Bertz CT molecular complexity index is 832. The zero-order valence-electron chi connectivity index (χ0n) is 15.2. The molecule has 0 bridgehead atoms. The highest BCUT2D eigenvalue weighted by Gasteiger charge is 2.50. The highest BCUT2D eigenvalue weighted by molar-refractivity contribution is 8.01. The van der Waals surface area contributed by atoms with Gasteiger partial charge in [0, 0.05) is 10.0 Å². The molecule has 2 aliphatic heterocycles. The Morgan fingerprint density at radius 2 is 1.00 bits per heavy atom. The number of hydrogen-bond acceptors (Lipinski definition) is 4. The molecule has 2 aliphatic rings. The van der Waals surface area contributed by atoms with Gasteiger partial charge in [-0.05, 0) is 49.2 Å². The number of thioether (sulfide) groups is 2. The number of carbonyl (C=O) groups excluding carboxylic acids is 2. The van der Waals surface area contributed by atoms with Gasteiger partial charge in [0.15, 0.2) is 0 Å². The lowest BCUT2D eigenvalue weighted by Gasteiger charge is -2.52. The smallest absolute Gasteiger partial charge is 0.255 e. The summed E-state index contributed by atoms with van der Waals surface area (Å²) < 4.78 is 0. The molecule has 28 heavy (non-hydrogen) atoms. The quantitative estimate of drug-likeness (QED) is 0.599. The van der Waals surface area contributed by atoms with Crippen LogP contribution < -0.4 is 0 Å². The molecule has 8 heteroatoms. The van der Waals surface area contributed by atoms with Crippen LogP contribution in [0, 0.1) is 0 Å². The van der Waals surface area contributed by atoms with E-state index in [9.17, 15) is 9.59 Å². The molecule has 0 N–H and O–H groups in total. The summed E-state index contributed by atoms with van der Waals surface area (Å²) in [6.45, 7) is 3.78. The first-order valence-electron chi connectivity index (χ1n) is 8.84. The van der Waals surface area contributed by atoms with E-state index in [0.29, 0.717) is 10.0 Å². The molecule has 4 atom stereocenters. The fraction of sp³-hybridized carbons (Fsp3) is 0.300. The average molecular weight is 453 g/mol. The van der Waals surface area contributed by atoms with E-state index in [0.717, 1.165) is 11.1 Å². The van der Waals surface area contributed by atoms with Gasteiger partial charge in [-0.2, -0.15) is 0 Å². The van der Waals surface area contributed by atoms with Gasteiger partial charge in [-0.25, -0.2) is 10.0 Å². The standard InChI is InChI=1S/C20H18Cl2N2O2S2/c1-11-17(25)23-20(14-5-9-16(22)10-6-14)28-12(2)18(26)24(23)19(27-11)13-3-7-15(21)8-4-13/h3-12,19-20H,1-2H3/t11-,12-,19+,20+/m1/s1. The van der Waals surface area contributed by atoms with E-state index < -0.39 is 0 Å². The number of halogens is 2. The zero-order valence-corrected chi connectivity index (χ0v) is 18.4. The van der Waals surface area contributed by atoms with Crippen molar-refractivity contribution in [2.75, 3.05) is 0 Å². The first-order chi connectivity index (χ1) is 13.4. The summed E-state index contributed by atoms with van der Waals surface area (Å²) in [6.07, 6.45) is 0. The van der Waals surface area contributed by atoms with Crippen molar-refractivity contribution in [1.29, 1.82) is 0 Å². The molecular formula is C20H18Cl2N2O2S2. The first kappa shape index (κ1) is 20.0. The Morgan fingerprint density at radius 1 is 0.679 bits per heavy atom. The molecule has 0 aromatic heterocycles. The summed E-state index contributed by atoms with van der Waals surface area (Å²) >= 11 is 15.1. The Balaban J connectivity index is 1.79. The fourth-order valence-corrected chi connectivity index (χ4v) is 6.10. The van der Waals surface area contributed by atoms with Gasteiger partial charge in [0.05, 0.1) is 10.5 Å². The van der Waals surface area contributed by atoms with Crippen molar-refractivity contribution in [3.05, 3.63) is 69.7 Å². The van der Waals surface area contributed by atoms with Crippen molar-refractivity contribution >= 4 is 58.5 Å². The first-order valence-corrected chi connectivity index (χ1v) is 11.5. The molecule has 2 amide bonds. The molecular weight excluding hydrogens is 435 g/mol. The Kier molecular flexibility index (Phi) is 5.58. The van der Waals surface area contributed by atoms with Crippen molar-refractivity contribution < 1.29 is 9.59 Å². The number of fused-ring (bicyclic) bond motifs is 1. The molecule has 2 aromatic rings. The van der Waals surface area contributed by atoms with E-state index in [1.54, 1.807) is 10.0 Å². The SMILES string of the molecule is C[C@H]1S[C@@H](c2ccc(Cl)cc2)N2C(=O)[C@@H](C)S[C@@H](c3ccc(Cl)cc3)N2C1=O. The van der Waals surface area contributed by atoms with Gasteiger partial charge in [0.2, 0.25) is 0 Å². The second-order valence-electron chi connectivity index (χ2n) is 6.73. The Morgan fingerprint density at radius 3 is 1.32 bits per heavy atom. The molecule has 4 nitrogen and oxygen atoms in total. The molecule has 4 rings (SSSR count).